The van der Waals surface area contributed by atoms with E-state index >= 15 is 0 Å². The summed E-state index contributed by atoms with van der Waals surface area (Å²) in [4.78, 5) is 26.7. The molecule has 1 aromatic carbocycles. The molecule has 0 aliphatic rings. The molecule has 0 unspecified atom stereocenters. The average molecular weight is 295 g/mol. The number of ether oxygens (including phenoxy) is 1. The maximum Gasteiger partial charge on any atom is 0.331 e. The molecule has 0 fully saturated rings. The summed E-state index contributed by atoms with van der Waals surface area (Å²) in [5.74, 6) is -0.304. The van der Waals surface area contributed by atoms with Gasteiger partial charge >= 0.3 is 5.97 Å². The number of H-pyrrole nitrogens is 1. The second kappa shape index (κ2) is 6.13. The lowest BCUT2D eigenvalue weighted by molar-refractivity contribution is -0.136. The molecule has 2 aromatic heterocycles. The molecule has 3 rings (SSSR count). The predicted octanol–water partition coefficient (Wildman–Crippen LogP) is 3.20. The lowest BCUT2D eigenvalue weighted by Gasteiger charge is -2.00. The van der Waals surface area contributed by atoms with Gasteiger partial charge in [0, 0.05) is 28.7 Å². The number of esters is 1. The van der Waals surface area contributed by atoms with Gasteiger partial charge < -0.3 is 14.1 Å². The van der Waals surface area contributed by atoms with Gasteiger partial charge in [0.1, 0.15) is 5.76 Å². The van der Waals surface area contributed by atoms with E-state index in [-0.39, 0.29) is 12.4 Å². The quantitative estimate of drug-likeness (QED) is 0.445. The van der Waals surface area contributed by atoms with Crippen molar-refractivity contribution in [3.05, 3.63) is 66.3 Å². The van der Waals surface area contributed by atoms with Gasteiger partial charge in [-0.15, -0.1) is 0 Å². The van der Waals surface area contributed by atoms with Gasteiger partial charge in [0.25, 0.3) is 0 Å². The maximum atomic E-state index is 12.1. The van der Waals surface area contributed by atoms with Gasteiger partial charge in [-0.05, 0) is 24.3 Å². The minimum Gasteiger partial charge on any atom is -0.465 e. The zero-order valence-corrected chi connectivity index (χ0v) is 11.6. The summed E-state index contributed by atoms with van der Waals surface area (Å²) in [6.45, 7) is -0.302. The Morgan fingerprint density at radius 1 is 1.18 bits per heavy atom. The van der Waals surface area contributed by atoms with E-state index in [1.165, 1.54) is 18.4 Å². The van der Waals surface area contributed by atoms with Crippen LogP contribution >= 0.6 is 0 Å². The first-order chi connectivity index (χ1) is 10.7. The maximum absolute atomic E-state index is 12.1. The van der Waals surface area contributed by atoms with Crippen LogP contribution in [0.5, 0.6) is 0 Å². The summed E-state index contributed by atoms with van der Waals surface area (Å²) in [5.41, 5.74) is 1.38. The molecule has 0 aliphatic carbocycles. The fourth-order valence-electron chi connectivity index (χ4n) is 2.10. The Hall–Kier alpha value is -3.08. The minimum atomic E-state index is -0.593. The molecule has 0 saturated heterocycles. The fraction of sp³-hybridized carbons (Fsp3) is 0.0588. The van der Waals surface area contributed by atoms with E-state index in [4.69, 9.17) is 9.15 Å². The molecule has 2 heterocycles. The number of carbonyl (C=O) groups is 2. The van der Waals surface area contributed by atoms with Gasteiger partial charge in [-0.2, -0.15) is 0 Å². The topological polar surface area (TPSA) is 72.3 Å². The number of nitrogens with one attached hydrogen (secondary N) is 1. The molecule has 0 saturated carbocycles. The molecule has 0 radical (unpaired) electrons. The van der Waals surface area contributed by atoms with Gasteiger partial charge in [-0.3, -0.25) is 4.79 Å². The van der Waals surface area contributed by atoms with Crippen LogP contribution in [-0.4, -0.2) is 23.3 Å². The number of ketones is 1. The van der Waals surface area contributed by atoms with Crippen LogP contribution in [0.2, 0.25) is 0 Å². The van der Waals surface area contributed by atoms with Crippen LogP contribution in [0.4, 0.5) is 0 Å². The molecule has 1 N–H and O–H groups in total. The van der Waals surface area contributed by atoms with E-state index in [0.29, 0.717) is 11.3 Å². The molecule has 0 bridgehead atoms. The minimum absolute atomic E-state index is 0.253. The Kier molecular flexibility index (Phi) is 3.87. The van der Waals surface area contributed by atoms with Gasteiger partial charge in [-0.25, -0.2) is 4.79 Å². The van der Waals surface area contributed by atoms with Crippen molar-refractivity contribution in [1.82, 2.24) is 4.98 Å². The Bertz CT molecular complexity index is 827. The molecular formula is C17H13NO4. The molecule has 5 nitrogen and oxygen atoms in total. The van der Waals surface area contributed by atoms with Crippen molar-refractivity contribution < 1.29 is 18.7 Å². The summed E-state index contributed by atoms with van der Waals surface area (Å²) >= 11 is 0. The zero-order chi connectivity index (χ0) is 15.4. The molecule has 3 aromatic rings. The van der Waals surface area contributed by atoms with Crippen molar-refractivity contribution in [3.63, 3.8) is 0 Å². The summed E-state index contributed by atoms with van der Waals surface area (Å²) in [5, 5.41) is 0.815. The molecular weight excluding hydrogens is 282 g/mol. The van der Waals surface area contributed by atoms with E-state index in [9.17, 15) is 9.59 Å². The van der Waals surface area contributed by atoms with E-state index < -0.39 is 5.97 Å². The number of aromatic nitrogens is 1. The third kappa shape index (κ3) is 2.98. The Labute approximate surface area is 126 Å². The molecule has 0 spiro atoms. The molecule has 110 valence electrons. The lowest BCUT2D eigenvalue weighted by Crippen LogP contribution is -2.12. The highest BCUT2D eigenvalue weighted by molar-refractivity contribution is 6.09. The smallest absolute Gasteiger partial charge is 0.331 e. The molecule has 5 heteroatoms. The second-order valence-electron chi connectivity index (χ2n) is 4.63. The number of carbonyl (C=O) groups excluding carboxylic acids is 2. The van der Waals surface area contributed by atoms with Crippen LogP contribution in [0.15, 0.2) is 59.4 Å². The summed E-state index contributed by atoms with van der Waals surface area (Å²) in [6.07, 6.45) is 5.84. The number of furan rings is 1. The van der Waals surface area contributed by atoms with Crippen molar-refractivity contribution in [2.24, 2.45) is 0 Å². The Balaban J connectivity index is 1.61. The number of fused-ring (bicyclic) bond motifs is 1. The number of aromatic amines is 1. The van der Waals surface area contributed by atoms with Crippen LogP contribution in [-0.2, 0) is 9.53 Å². The fourth-order valence-corrected chi connectivity index (χ4v) is 2.10. The number of para-hydroxylation sites is 1. The zero-order valence-electron chi connectivity index (χ0n) is 11.6. The monoisotopic (exact) mass is 295 g/mol. The molecule has 0 aliphatic heterocycles. The second-order valence-corrected chi connectivity index (χ2v) is 4.63. The van der Waals surface area contributed by atoms with Crippen LogP contribution in [0.1, 0.15) is 16.1 Å². The summed E-state index contributed by atoms with van der Waals surface area (Å²) < 4.78 is 9.99. The van der Waals surface area contributed by atoms with Crippen molar-refractivity contribution in [1.29, 1.82) is 0 Å². The molecule has 0 amide bonds. The van der Waals surface area contributed by atoms with Crippen molar-refractivity contribution in [3.8, 4) is 0 Å². The standard InChI is InChI=1S/C17H13NO4/c19-16(14-10-18-15-6-2-1-5-13(14)15)11-22-17(20)8-7-12-4-3-9-21-12/h1-10,18H,11H2. The highest BCUT2D eigenvalue weighted by Crippen LogP contribution is 2.18. The van der Waals surface area contributed by atoms with Crippen LogP contribution in [0, 0.1) is 0 Å². The number of hydrogen-bond acceptors (Lipinski definition) is 4. The van der Waals surface area contributed by atoms with E-state index in [2.05, 4.69) is 4.98 Å². The first-order valence-electron chi connectivity index (χ1n) is 6.72. The van der Waals surface area contributed by atoms with E-state index in [0.717, 1.165) is 10.9 Å². The van der Waals surface area contributed by atoms with Crippen molar-refractivity contribution in [2.75, 3.05) is 6.61 Å². The van der Waals surface area contributed by atoms with E-state index in [1.54, 1.807) is 18.3 Å². The number of benzene rings is 1. The SMILES string of the molecule is O=C(C=Cc1ccco1)OCC(=O)c1c[nH]c2ccccc12. The lowest BCUT2D eigenvalue weighted by atomic mass is 10.1. The van der Waals surface area contributed by atoms with Gasteiger partial charge in [0.05, 0.1) is 6.26 Å². The first kappa shape index (κ1) is 13.9. The normalized spacial score (nSPS) is 11.1. The highest BCUT2D eigenvalue weighted by Gasteiger charge is 2.13. The van der Waals surface area contributed by atoms with Crippen molar-refractivity contribution >= 4 is 28.7 Å². The average Bonchev–Trinajstić information content (AvgIpc) is 3.19. The molecule has 0 atom stereocenters. The van der Waals surface area contributed by atoms with Crippen molar-refractivity contribution in [2.45, 2.75) is 0 Å². The Morgan fingerprint density at radius 2 is 2.05 bits per heavy atom. The van der Waals surface area contributed by atoms with Gasteiger partial charge in [0.2, 0.25) is 5.78 Å². The Morgan fingerprint density at radius 3 is 2.86 bits per heavy atom. The van der Waals surface area contributed by atoms with Crippen LogP contribution < -0.4 is 0 Å². The van der Waals surface area contributed by atoms with E-state index in [1.807, 2.05) is 24.3 Å². The predicted molar refractivity (Wildman–Crippen MR) is 81.3 cm³/mol. The first-order valence-corrected chi connectivity index (χ1v) is 6.72. The number of rotatable bonds is 5. The third-order valence-electron chi connectivity index (χ3n) is 3.16. The molecule has 22 heavy (non-hydrogen) atoms. The van der Waals surface area contributed by atoms with Crippen LogP contribution in [0.25, 0.3) is 17.0 Å². The number of hydrogen-bond donors (Lipinski definition) is 1. The van der Waals surface area contributed by atoms with Gasteiger partial charge in [-0.1, -0.05) is 18.2 Å². The summed E-state index contributed by atoms with van der Waals surface area (Å²) in [6, 6.07) is 10.9. The highest BCUT2D eigenvalue weighted by atomic mass is 16.5. The van der Waals surface area contributed by atoms with Gasteiger partial charge in [0.15, 0.2) is 6.61 Å². The number of Topliss-reactive ketones (excluding diaryl/α,β-unsaturated/α-hetero) is 1. The van der Waals surface area contributed by atoms with Crippen LogP contribution in [0.3, 0.4) is 0 Å². The largest absolute Gasteiger partial charge is 0.465 e. The third-order valence-corrected chi connectivity index (χ3v) is 3.16. The summed E-state index contributed by atoms with van der Waals surface area (Å²) in [7, 11) is 0.